The molecule has 13 nitrogen and oxygen atoms in total. The van der Waals surface area contributed by atoms with Gasteiger partial charge in [-0.05, 0) is 79.9 Å². The van der Waals surface area contributed by atoms with Crippen molar-refractivity contribution in [3.63, 3.8) is 0 Å². The van der Waals surface area contributed by atoms with Gasteiger partial charge in [0.05, 0.1) is 24.1 Å². The summed E-state index contributed by atoms with van der Waals surface area (Å²) in [6.45, 7) is 3.88. The maximum atomic E-state index is 14.2. The molecule has 6 rings (SSSR count). The highest BCUT2D eigenvalue weighted by Gasteiger charge is 2.31. The summed E-state index contributed by atoms with van der Waals surface area (Å²) in [6.07, 6.45) is 3.72. The molecule has 3 amide bonds. The van der Waals surface area contributed by atoms with Crippen molar-refractivity contribution in [1.29, 1.82) is 0 Å². The number of nitrogens with zero attached hydrogens (tertiary/aromatic N) is 5. The van der Waals surface area contributed by atoms with Crippen LogP contribution in [0.4, 0.5) is 31.0 Å². The standard InChI is InChI=1S/C33H34FN7O6S/c1-23-5-7-26(21-35-23)37-32(42)41(29-4-2-3-25(34)19-29)28-13-15-39(16-14-28)22-24-6-12-31(36-20-24)47-30-10-8-27(9-11-30)40-17-18-46-33(43)38-48(40,44)45/h2-12,19-21,28H,13-18,22H2,1H3,(H,37,42)(H,38,43). The number of halogens is 1. The largest absolute Gasteiger partial charge is 0.447 e. The minimum Gasteiger partial charge on any atom is -0.447 e. The Morgan fingerprint density at radius 3 is 2.52 bits per heavy atom. The molecular formula is C33H34FN7O6S. The SMILES string of the molecule is Cc1ccc(NC(=O)N(c2cccc(F)c2)C2CCN(Cc3ccc(Oc4ccc(N5CCOC(=O)NS5(=O)=O)cc4)nc3)CC2)cn1. The fraction of sp³-hybridized carbons (Fsp3) is 0.273. The second-order valence-electron chi connectivity index (χ2n) is 11.4. The van der Waals surface area contributed by atoms with Crippen LogP contribution in [0.2, 0.25) is 0 Å². The lowest BCUT2D eigenvalue weighted by Crippen LogP contribution is -2.49. The lowest BCUT2D eigenvalue weighted by molar-refractivity contribution is 0.158. The Balaban J connectivity index is 1.04. The number of amides is 3. The Kier molecular flexibility index (Phi) is 9.68. The van der Waals surface area contributed by atoms with Crippen LogP contribution >= 0.6 is 0 Å². The van der Waals surface area contributed by atoms with Gasteiger partial charge in [-0.3, -0.25) is 14.8 Å². The van der Waals surface area contributed by atoms with Crippen molar-refractivity contribution >= 4 is 39.4 Å². The van der Waals surface area contributed by atoms with Gasteiger partial charge in [0.1, 0.15) is 18.2 Å². The number of ether oxygens (including phenoxy) is 2. The quantitative estimate of drug-likeness (QED) is 0.257. The van der Waals surface area contributed by atoms with Crippen LogP contribution in [-0.2, 0) is 21.5 Å². The Labute approximate surface area is 277 Å². The molecule has 0 radical (unpaired) electrons. The van der Waals surface area contributed by atoms with E-state index in [1.54, 1.807) is 65.8 Å². The van der Waals surface area contributed by atoms with Crippen LogP contribution in [0.15, 0.2) is 85.2 Å². The number of hydrogen-bond acceptors (Lipinski definition) is 9. The number of aromatic nitrogens is 2. The molecule has 48 heavy (non-hydrogen) atoms. The minimum absolute atomic E-state index is 0.0193. The van der Waals surface area contributed by atoms with E-state index in [1.165, 1.54) is 12.1 Å². The van der Waals surface area contributed by atoms with E-state index in [1.807, 2.05) is 23.8 Å². The zero-order valence-corrected chi connectivity index (χ0v) is 26.9. The van der Waals surface area contributed by atoms with Gasteiger partial charge in [0.25, 0.3) is 0 Å². The Hall–Kier alpha value is -5.28. The molecule has 0 saturated carbocycles. The number of cyclic esters (lactones) is 1. The van der Waals surface area contributed by atoms with Crippen molar-refractivity contribution in [2.24, 2.45) is 0 Å². The first-order valence-corrected chi connectivity index (χ1v) is 16.8. The maximum Gasteiger partial charge on any atom is 0.422 e. The van der Waals surface area contributed by atoms with Gasteiger partial charge in [0, 0.05) is 49.3 Å². The number of carbonyl (C=O) groups is 2. The highest BCUT2D eigenvalue weighted by atomic mass is 32.2. The second kappa shape index (κ2) is 14.2. The normalized spacial score (nSPS) is 16.7. The molecule has 0 atom stereocenters. The summed E-state index contributed by atoms with van der Waals surface area (Å²) >= 11 is 0. The van der Waals surface area contributed by atoms with Gasteiger partial charge in [0.2, 0.25) is 5.88 Å². The molecule has 2 aliphatic heterocycles. The zero-order valence-electron chi connectivity index (χ0n) is 26.1. The van der Waals surface area contributed by atoms with Crippen molar-refractivity contribution < 1.29 is 31.9 Å². The molecule has 2 aliphatic rings. The highest BCUT2D eigenvalue weighted by Crippen LogP contribution is 2.28. The van der Waals surface area contributed by atoms with Gasteiger partial charge in [-0.1, -0.05) is 12.1 Å². The third-order valence-electron chi connectivity index (χ3n) is 7.97. The van der Waals surface area contributed by atoms with Crippen LogP contribution in [0.25, 0.3) is 0 Å². The van der Waals surface area contributed by atoms with E-state index >= 15 is 0 Å². The Morgan fingerprint density at radius 2 is 1.83 bits per heavy atom. The first-order chi connectivity index (χ1) is 23.1. The molecule has 2 aromatic carbocycles. The number of hydrogen-bond donors (Lipinski definition) is 2. The number of likely N-dealkylation sites (tertiary alicyclic amines) is 1. The van der Waals surface area contributed by atoms with Gasteiger partial charge in [-0.15, -0.1) is 0 Å². The second-order valence-corrected chi connectivity index (χ2v) is 13.0. The van der Waals surface area contributed by atoms with Crippen LogP contribution in [-0.4, -0.2) is 67.7 Å². The van der Waals surface area contributed by atoms with Crippen LogP contribution in [0.1, 0.15) is 24.1 Å². The van der Waals surface area contributed by atoms with Crippen molar-refractivity contribution in [3.8, 4) is 11.6 Å². The predicted molar refractivity (Wildman–Crippen MR) is 177 cm³/mol. The van der Waals surface area contributed by atoms with Gasteiger partial charge < -0.3 is 14.8 Å². The molecular weight excluding hydrogens is 641 g/mol. The number of aryl methyl sites for hydroxylation is 1. The maximum absolute atomic E-state index is 14.2. The number of benzene rings is 2. The molecule has 2 fully saturated rings. The topological polar surface area (TPSA) is 146 Å². The van der Waals surface area contributed by atoms with E-state index in [2.05, 4.69) is 20.2 Å². The fourth-order valence-corrected chi connectivity index (χ4v) is 6.70. The number of rotatable bonds is 8. The van der Waals surface area contributed by atoms with Crippen molar-refractivity contribution in [2.75, 3.05) is 40.8 Å². The Morgan fingerprint density at radius 1 is 1.04 bits per heavy atom. The zero-order chi connectivity index (χ0) is 33.7. The summed E-state index contributed by atoms with van der Waals surface area (Å²) in [6, 6.07) is 19.3. The van der Waals surface area contributed by atoms with Gasteiger partial charge >= 0.3 is 22.3 Å². The molecule has 0 bridgehead atoms. The van der Waals surface area contributed by atoms with Crippen LogP contribution in [0, 0.1) is 12.7 Å². The van der Waals surface area contributed by atoms with Crippen molar-refractivity contribution in [3.05, 3.63) is 102 Å². The van der Waals surface area contributed by atoms with E-state index in [0.717, 1.165) is 28.7 Å². The van der Waals surface area contributed by atoms with E-state index in [9.17, 15) is 22.4 Å². The fourth-order valence-electron chi connectivity index (χ4n) is 5.60. The van der Waals surface area contributed by atoms with Crippen molar-refractivity contribution in [1.82, 2.24) is 19.6 Å². The minimum atomic E-state index is -4.07. The van der Waals surface area contributed by atoms with E-state index in [-0.39, 0.29) is 25.2 Å². The molecule has 0 aliphatic carbocycles. The van der Waals surface area contributed by atoms with Crippen molar-refractivity contribution in [2.45, 2.75) is 32.4 Å². The molecule has 0 spiro atoms. The summed E-state index contributed by atoms with van der Waals surface area (Å²) in [4.78, 5) is 37.5. The number of nitrogens with one attached hydrogen (secondary N) is 2. The van der Waals surface area contributed by atoms with Gasteiger partial charge in [-0.25, -0.2) is 28.0 Å². The van der Waals surface area contributed by atoms with Crippen LogP contribution in [0.5, 0.6) is 11.6 Å². The monoisotopic (exact) mass is 675 g/mol. The molecule has 4 aromatic rings. The molecule has 2 aromatic heterocycles. The third kappa shape index (κ3) is 7.98. The molecule has 0 unspecified atom stereocenters. The average molecular weight is 676 g/mol. The first kappa shape index (κ1) is 32.7. The number of urea groups is 1. The average Bonchev–Trinajstić information content (AvgIpc) is 3.20. The lowest BCUT2D eigenvalue weighted by atomic mass is 10.0. The molecule has 250 valence electrons. The molecule has 2 N–H and O–H groups in total. The number of anilines is 3. The lowest BCUT2D eigenvalue weighted by Gasteiger charge is -2.38. The smallest absolute Gasteiger partial charge is 0.422 e. The predicted octanol–water partition coefficient (Wildman–Crippen LogP) is 5.21. The van der Waals surface area contributed by atoms with E-state index in [4.69, 9.17) is 9.47 Å². The highest BCUT2D eigenvalue weighted by molar-refractivity contribution is 7.91. The van der Waals surface area contributed by atoms with Crippen LogP contribution < -0.4 is 24.0 Å². The van der Waals surface area contributed by atoms with E-state index < -0.39 is 22.1 Å². The number of carbonyl (C=O) groups excluding carboxylic acids is 2. The summed E-state index contributed by atoms with van der Waals surface area (Å²) < 4.78 is 52.5. The molecule has 15 heteroatoms. The third-order valence-corrected chi connectivity index (χ3v) is 9.37. The first-order valence-electron chi connectivity index (χ1n) is 15.3. The van der Waals surface area contributed by atoms with E-state index in [0.29, 0.717) is 48.1 Å². The van der Waals surface area contributed by atoms with Gasteiger partial charge in [0.15, 0.2) is 0 Å². The van der Waals surface area contributed by atoms with Gasteiger partial charge in [-0.2, -0.15) is 8.42 Å². The summed E-state index contributed by atoms with van der Waals surface area (Å²) in [7, 11) is -4.07. The number of pyridine rings is 2. The summed E-state index contributed by atoms with van der Waals surface area (Å²) in [5.74, 6) is 0.416. The Bertz CT molecular complexity index is 1850. The molecule has 2 saturated heterocycles. The summed E-state index contributed by atoms with van der Waals surface area (Å²) in [5, 5.41) is 2.91. The summed E-state index contributed by atoms with van der Waals surface area (Å²) in [5.41, 5.74) is 3.23. The molecule has 4 heterocycles. The number of piperidine rings is 1. The van der Waals surface area contributed by atoms with Crippen LogP contribution in [0.3, 0.4) is 0 Å².